The average Bonchev–Trinajstić information content (AvgIpc) is 3.09. The van der Waals surface area contributed by atoms with Crippen LogP contribution >= 0.6 is 0 Å². The van der Waals surface area contributed by atoms with Crippen LogP contribution in [0.25, 0.3) is 0 Å². The molecule has 0 aliphatic rings. The van der Waals surface area contributed by atoms with Crippen LogP contribution in [0.5, 0.6) is 0 Å². The highest BCUT2D eigenvalue weighted by Gasteiger charge is 2.19. The monoisotopic (exact) mass is 709 g/mol. The predicted octanol–water partition coefficient (Wildman–Crippen LogP) is 13.6. The topological polar surface area (TPSA) is 78.9 Å². The highest BCUT2D eigenvalue weighted by Crippen LogP contribution is 2.16. The van der Waals surface area contributed by atoms with E-state index in [0.717, 1.165) is 63.7 Å². The van der Waals surface area contributed by atoms with Gasteiger partial charge in [-0.15, -0.1) is 0 Å². The molecular formula is C44H84O6. The van der Waals surface area contributed by atoms with Crippen LogP contribution in [0.1, 0.15) is 240 Å². The van der Waals surface area contributed by atoms with Crippen LogP contribution in [0.15, 0.2) is 0 Å². The summed E-state index contributed by atoms with van der Waals surface area (Å²) in [5.41, 5.74) is 0. The normalized spacial score (nSPS) is 11.9. The van der Waals surface area contributed by atoms with Gasteiger partial charge < -0.3 is 14.2 Å². The van der Waals surface area contributed by atoms with Gasteiger partial charge in [0.05, 0.1) is 0 Å². The summed E-state index contributed by atoms with van der Waals surface area (Å²) in [6, 6.07) is 0. The Balaban J connectivity index is 4.25. The molecule has 0 rings (SSSR count). The van der Waals surface area contributed by atoms with Crippen LogP contribution in [0.4, 0.5) is 0 Å². The lowest BCUT2D eigenvalue weighted by atomic mass is 10.0. The molecule has 6 nitrogen and oxygen atoms in total. The Morgan fingerprint density at radius 3 is 0.980 bits per heavy atom. The largest absolute Gasteiger partial charge is 0.462 e. The number of esters is 3. The number of carbonyl (C=O) groups excluding carboxylic acids is 3. The molecule has 50 heavy (non-hydrogen) atoms. The van der Waals surface area contributed by atoms with Crippen molar-refractivity contribution < 1.29 is 28.6 Å². The first-order valence-electron chi connectivity index (χ1n) is 21.9. The molecule has 296 valence electrons. The van der Waals surface area contributed by atoms with E-state index in [1.165, 1.54) is 135 Å². The molecule has 0 fully saturated rings. The molecular weight excluding hydrogens is 624 g/mol. The summed E-state index contributed by atoms with van der Waals surface area (Å²) >= 11 is 0. The fraction of sp³-hybridized carbons (Fsp3) is 0.932. The van der Waals surface area contributed by atoms with Crippen molar-refractivity contribution in [3.63, 3.8) is 0 Å². The maximum absolute atomic E-state index is 12.6. The van der Waals surface area contributed by atoms with Gasteiger partial charge in [0.2, 0.25) is 0 Å². The lowest BCUT2D eigenvalue weighted by Gasteiger charge is -2.18. The van der Waals surface area contributed by atoms with E-state index >= 15 is 0 Å². The molecule has 1 atom stereocenters. The molecule has 0 saturated heterocycles. The van der Waals surface area contributed by atoms with Gasteiger partial charge in [0.1, 0.15) is 13.2 Å². The molecule has 0 amide bonds. The van der Waals surface area contributed by atoms with E-state index in [0.29, 0.717) is 19.3 Å². The molecule has 0 aliphatic heterocycles. The number of rotatable bonds is 39. The molecule has 0 spiro atoms. The fourth-order valence-corrected chi connectivity index (χ4v) is 6.45. The van der Waals surface area contributed by atoms with Gasteiger partial charge in [0, 0.05) is 19.3 Å². The lowest BCUT2D eigenvalue weighted by Crippen LogP contribution is -2.30. The molecule has 0 heterocycles. The molecule has 0 radical (unpaired) electrons. The van der Waals surface area contributed by atoms with Crippen LogP contribution in [-0.2, 0) is 28.6 Å². The summed E-state index contributed by atoms with van der Waals surface area (Å²) in [5.74, 6) is -0.0451. The van der Waals surface area contributed by atoms with Crippen LogP contribution in [0, 0.1) is 5.92 Å². The summed E-state index contributed by atoms with van der Waals surface area (Å²) in [7, 11) is 0. The van der Waals surface area contributed by atoms with E-state index in [4.69, 9.17) is 14.2 Å². The maximum atomic E-state index is 12.6. The van der Waals surface area contributed by atoms with Crippen molar-refractivity contribution in [2.24, 2.45) is 5.92 Å². The van der Waals surface area contributed by atoms with Crippen molar-refractivity contribution in [1.29, 1.82) is 0 Å². The van der Waals surface area contributed by atoms with Gasteiger partial charge >= 0.3 is 17.9 Å². The minimum Gasteiger partial charge on any atom is -0.462 e. The second-order valence-electron chi connectivity index (χ2n) is 15.5. The van der Waals surface area contributed by atoms with E-state index in [2.05, 4.69) is 27.7 Å². The smallest absolute Gasteiger partial charge is 0.306 e. The quantitative estimate of drug-likeness (QED) is 0.0359. The van der Waals surface area contributed by atoms with E-state index in [-0.39, 0.29) is 31.1 Å². The second kappa shape index (κ2) is 38.6. The highest BCUT2D eigenvalue weighted by atomic mass is 16.6. The summed E-state index contributed by atoms with van der Waals surface area (Å²) in [6.07, 6.45) is 36.7. The highest BCUT2D eigenvalue weighted by molar-refractivity contribution is 5.71. The molecule has 0 aromatic heterocycles. The third-order valence-corrected chi connectivity index (χ3v) is 9.79. The van der Waals surface area contributed by atoms with Crippen molar-refractivity contribution in [2.75, 3.05) is 13.2 Å². The zero-order valence-electron chi connectivity index (χ0n) is 33.9. The van der Waals surface area contributed by atoms with Crippen molar-refractivity contribution in [2.45, 2.75) is 246 Å². The van der Waals surface area contributed by atoms with E-state index in [9.17, 15) is 14.4 Å². The van der Waals surface area contributed by atoms with Crippen molar-refractivity contribution in [1.82, 2.24) is 0 Å². The minimum absolute atomic E-state index is 0.0646. The molecule has 0 bridgehead atoms. The van der Waals surface area contributed by atoms with Gasteiger partial charge in [0.25, 0.3) is 0 Å². The molecule has 0 aromatic rings. The number of hydrogen-bond donors (Lipinski definition) is 0. The van der Waals surface area contributed by atoms with Gasteiger partial charge in [-0.25, -0.2) is 0 Å². The number of carbonyl (C=O) groups is 3. The zero-order chi connectivity index (χ0) is 36.8. The van der Waals surface area contributed by atoms with Crippen molar-refractivity contribution >= 4 is 17.9 Å². The molecule has 0 unspecified atom stereocenters. The van der Waals surface area contributed by atoms with Crippen LogP contribution in [-0.4, -0.2) is 37.2 Å². The lowest BCUT2D eigenvalue weighted by molar-refractivity contribution is -0.167. The van der Waals surface area contributed by atoms with Gasteiger partial charge in [-0.05, 0) is 25.2 Å². The molecule has 0 aromatic carbocycles. The van der Waals surface area contributed by atoms with Crippen LogP contribution < -0.4 is 0 Å². The third kappa shape index (κ3) is 37.7. The molecule has 0 N–H and O–H groups in total. The Morgan fingerprint density at radius 2 is 0.660 bits per heavy atom. The van der Waals surface area contributed by atoms with Crippen molar-refractivity contribution in [3.8, 4) is 0 Å². The van der Waals surface area contributed by atoms with E-state index in [1.54, 1.807) is 0 Å². The van der Waals surface area contributed by atoms with E-state index < -0.39 is 6.10 Å². The summed E-state index contributed by atoms with van der Waals surface area (Å²) in [4.78, 5) is 37.5. The molecule has 0 saturated carbocycles. The van der Waals surface area contributed by atoms with Gasteiger partial charge in [0.15, 0.2) is 6.10 Å². The number of ether oxygens (including phenoxy) is 3. The first kappa shape index (κ1) is 48.4. The SMILES string of the molecule is CCCCCCCCCCCCCCC(=O)OC[C@H](COC(=O)CCCCCCCCCCCCC(C)C)OC(=O)CCCCCCCCC. The Kier molecular flexibility index (Phi) is 37.4. The zero-order valence-corrected chi connectivity index (χ0v) is 33.9. The second-order valence-corrected chi connectivity index (χ2v) is 15.5. The van der Waals surface area contributed by atoms with Crippen molar-refractivity contribution in [3.05, 3.63) is 0 Å². The Bertz CT molecular complexity index is 751. The third-order valence-electron chi connectivity index (χ3n) is 9.79. The predicted molar refractivity (Wildman–Crippen MR) is 210 cm³/mol. The van der Waals surface area contributed by atoms with Crippen LogP contribution in [0.3, 0.4) is 0 Å². The Labute approximate surface area is 310 Å². The standard InChI is InChI=1S/C44H84O6/c1-5-7-9-11-13-14-15-16-20-24-27-31-35-42(45)48-38-41(50-44(47)37-33-29-22-12-10-8-6-2)39-49-43(46)36-32-28-25-21-18-17-19-23-26-30-34-40(3)4/h40-41H,5-39H2,1-4H3/t41-/m1/s1. The summed E-state index contributed by atoms with van der Waals surface area (Å²) < 4.78 is 16.6. The van der Waals surface area contributed by atoms with E-state index in [1.807, 2.05) is 0 Å². The first-order valence-corrected chi connectivity index (χ1v) is 21.9. The molecule has 6 heteroatoms. The maximum Gasteiger partial charge on any atom is 0.306 e. The van der Waals surface area contributed by atoms with Gasteiger partial charge in [-0.3, -0.25) is 14.4 Å². The average molecular weight is 709 g/mol. The van der Waals surface area contributed by atoms with Gasteiger partial charge in [-0.2, -0.15) is 0 Å². The Morgan fingerprint density at radius 1 is 0.380 bits per heavy atom. The van der Waals surface area contributed by atoms with Gasteiger partial charge in [-0.1, -0.05) is 201 Å². The number of unbranched alkanes of at least 4 members (excludes halogenated alkanes) is 26. The summed E-state index contributed by atoms with van der Waals surface area (Å²) in [5, 5.41) is 0. The number of hydrogen-bond acceptors (Lipinski definition) is 6. The Hall–Kier alpha value is -1.59. The first-order chi connectivity index (χ1) is 24.4. The fourth-order valence-electron chi connectivity index (χ4n) is 6.45. The minimum atomic E-state index is -0.757. The molecule has 0 aliphatic carbocycles. The van der Waals surface area contributed by atoms with Crippen LogP contribution in [0.2, 0.25) is 0 Å². The summed E-state index contributed by atoms with van der Waals surface area (Å²) in [6.45, 7) is 8.93.